The summed E-state index contributed by atoms with van der Waals surface area (Å²) < 4.78 is 0. The fourth-order valence-corrected chi connectivity index (χ4v) is 3.51. The number of hydrogen-bond acceptors (Lipinski definition) is 4. The maximum atomic E-state index is 12.7. The number of rotatable bonds is 7. The SMILES string of the molecule is CC(C1CC1)N(C(=O)CN1CCN(CCO)CC1)C1CC1. The van der Waals surface area contributed by atoms with Gasteiger partial charge in [0.25, 0.3) is 0 Å². The Labute approximate surface area is 127 Å². The number of aliphatic hydroxyl groups is 1. The summed E-state index contributed by atoms with van der Waals surface area (Å²) in [4.78, 5) is 19.5. The first-order valence-electron chi connectivity index (χ1n) is 8.55. The quantitative estimate of drug-likeness (QED) is 0.738. The van der Waals surface area contributed by atoms with Crippen LogP contribution in [0, 0.1) is 5.92 Å². The molecule has 5 nitrogen and oxygen atoms in total. The normalized spacial score (nSPS) is 25.8. The number of aliphatic hydroxyl groups excluding tert-OH is 1. The molecule has 3 aliphatic rings. The summed E-state index contributed by atoms with van der Waals surface area (Å²) in [7, 11) is 0. The average molecular weight is 295 g/mol. The minimum atomic E-state index is 0.229. The molecule has 1 atom stereocenters. The second-order valence-corrected chi connectivity index (χ2v) is 6.95. The lowest BCUT2D eigenvalue weighted by atomic mass is 10.1. The van der Waals surface area contributed by atoms with Gasteiger partial charge in [0.05, 0.1) is 13.2 Å². The molecule has 2 saturated carbocycles. The molecule has 1 heterocycles. The zero-order chi connectivity index (χ0) is 14.8. The monoisotopic (exact) mass is 295 g/mol. The third-order valence-electron chi connectivity index (χ3n) is 5.21. The van der Waals surface area contributed by atoms with Gasteiger partial charge in [0.15, 0.2) is 0 Å². The van der Waals surface area contributed by atoms with Crippen LogP contribution in [0.4, 0.5) is 0 Å². The molecule has 0 radical (unpaired) electrons. The first kappa shape index (κ1) is 15.3. The molecular weight excluding hydrogens is 266 g/mol. The van der Waals surface area contributed by atoms with Crippen molar-refractivity contribution >= 4 is 5.91 Å². The van der Waals surface area contributed by atoms with Crippen LogP contribution in [0.5, 0.6) is 0 Å². The highest BCUT2D eigenvalue weighted by Gasteiger charge is 2.41. The molecule has 1 saturated heterocycles. The lowest BCUT2D eigenvalue weighted by Crippen LogP contribution is -2.52. The van der Waals surface area contributed by atoms with Gasteiger partial charge < -0.3 is 10.0 Å². The van der Waals surface area contributed by atoms with Gasteiger partial charge in [-0.05, 0) is 38.5 Å². The Morgan fingerprint density at radius 2 is 1.76 bits per heavy atom. The van der Waals surface area contributed by atoms with Gasteiger partial charge in [-0.2, -0.15) is 0 Å². The lowest BCUT2D eigenvalue weighted by Gasteiger charge is -2.36. The van der Waals surface area contributed by atoms with Crippen molar-refractivity contribution in [2.45, 2.75) is 44.7 Å². The van der Waals surface area contributed by atoms with Crippen molar-refractivity contribution in [2.24, 2.45) is 5.92 Å². The molecule has 0 bridgehead atoms. The maximum absolute atomic E-state index is 12.7. The molecule has 0 aromatic rings. The molecule has 1 N–H and O–H groups in total. The zero-order valence-corrected chi connectivity index (χ0v) is 13.2. The fourth-order valence-electron chi connectivity index (χ4n) is 3.51. The summed E-state index contributed by atoms with van der Waals surface area (Å²) in [5.41, 5.74) is 0. The van der Waals surface area contributed by atoms with Crippen molar-refractivity contribution in [1.29, 1.82) is 0 Å². The van der Waals surface area contributed by atoms with Gasteiger partial charge in [0.1, 0.15) is 0 Å². The van der Waals surface area contributed by atoms with E-state index in [2.05, 4.69) is 21.6 Å². The van der Waals surface area contributed by atoms with Crippen LogP contribution in [0.1, 0.15) is 32.6 Å². The van der Waals surface area contributed by atoms with Crippen LogP contribution < -0.4 is 0 Å². The molecule has 0 spiro atoms. The largest absolute Gasteiger partial charge is 0.395 e. The third kappa shape index (κ3) is 3.96. The van der Waals surface area contributed by atoms with Gasteiger partial charge in [0.2, 0.25) is 5.91 Å². The molecule has 3 rings (SSSR count). The highest BCUT2D eigenvalue weighted by Crippen LogP contribution is 2.39. The topological polar surface area (TPSA) is 47.0 Å². The molecule has 1 aliphatic heterocycles. The molecule has 1 amide bonds. The Morgan fingerprint density at radius 3 is 2.29 bits per heavy atom. The number of carbonyl (C=O) groups is 1. The van der Waals surface area contributed by atoms with Crippen LogP contribution in [0.15, 0.2) is 0 Å². The summed E-state index contributed by atoms with van der Waals surface area (Å²) in [5, 5.41) is 8.97. The first-order valence-corrected chi connectivity index (χ1v) is 8.55. The van der Waals surface area contributed by atoms with Crippen molar-refractivity contribution in [3.05, 3.63) is 0 Å². The minimum absolute atomic E-state index is 0.229. The van der Waals surface area contributed by atoms with Crippen LogP contribution >= 0.6 is 0 Å². The Hall–Kier alpha value is -0.650. The molecule has 3 fully saturated rings. The predicted octanol–water partition coefficient (Wildman–Crippen LogP) is 0.386. The summed E-state index contributed by atoms with van der Waals surface area (Å²) in [6.07, 6.45) is 5.01. The maximum Gasteiger partial charge on any atom is 0.237 e. The van der Waals surface area contributed by atoms with E-state index in [1.165, 1.54) is 25.7 Å². The van der Waals surface area contributed by atoms with Gasteiger partial charge in [-0.15, -0.1) is 0 Å². The van der Waals surface area contributed by atoms with E-state index in [9.17, 15) is 4.79 Å². The zero-order valence-electron chi connectivity index (χ0n) is 13.2. The molecule has 0 aromatic carbocycles. The smallest absolute Gasteiger partial charge is 0.237 e. The Morgan fingerprint density at radius 1 is 1.14 bits per heavy atom. The second kappa shape index (κ2) is 6.63. The van der Waals surface area contributed by atoms with E-state index in [0.29, 0.717) is 24.5 Å². The second-order valence-electron chi connectivity index (χ2n) is 6.95. The van der Waals surface area contributed by atoms with Gasteiger partial charge >= 0.3 is 0 Å². The van der Waals surface area contributed by atoms with E-state index < -0.39 is 0 Å². The molecule has 0 aromatic heterocycles. The van der Waals surface area contributed by atoms with Crippen LogP contribution in [0.3, 0.4) is 0 Å². The summed E-state index contributed by atoms with van der Waals surface area (Å²) in [6, 6.07) is 0.976. The fraction of sp³-hybridized carbons (Fsp3) is 0.938. The third-order valence-corrected chi connectivity index (χ3v) is 5.21. The Bertz CT molecular complexity index is 361. The van der Waals surface area contributed by atoms with Gasteiger partial charge in [-0.1, -0.05) is 0 Å². The van der Waals surface area contributed by atoms with Crippen molar-refractivity contribution in [3.8, 4) is 0 Å². The number of amides is 1. The molecule has 120 valence electrons. The van der Waals surface area contributed by atoms with Crippen molar-refractivity contribution < 1.29 is 9.90 Å². The average Bonchev–Trinajstić information content (AvgIpc) is 3.34. The van der Waals surface area contributed by atoms with Crippen LogP contribution in [-0.4, -0.2) is 83.7 Å². The van der Waals surface area contributed by atoms with Gasteiger partial charge in [0, 0.05) is 44.8 Å². The molecule has 2 aliphatic carbocycles. The number of β-amino-alcohol motifs (C(OH)–C–C–N with tert-alkyl or cyclic N) is 1. The van der Waals surface area contributed by atoms with Crippen LogP contribution in [-0.2, 0) is 4.79 Å². The van der Waals surface area contributed by atoms with E-state index in [1.54, 1.807) is 0 Å². The highest BCUT2D eigenvalue weighted by atomic mass is 16.3. The van der Waals surface area contributed by atoms with Crippen molar-refractivity contribution in [1.82, 2.24) is 14.7 Å². The lowest BCUT2D eigenvalue weighted by molar-refractivity contribution is -0.136. The Kier molecular flexibility index (Phi) is 4.82. The van der Waals surface area contributed by atoms with E-state index in [-0.39, 0.29) is 6.61 Å². The van der Waals surface area contributed by atoms with Gasteiger partial charge in [-0.25, -0.2) is 0 Å². The van der Waals surface area contributed by atoms with E-state index in [1.807, 2.05) is 0 Å². The van der Waals surface area contributed by atoms with E-state index in [4.69, 9.17) is 5.11 Å². The molecule has 21 heavy (non-hydrogen) atoms. The Balaban J connectivity index is 1.48. The molecule has 1 unspecified atom stereocenters. The molecule has 5 heteroatoms. The highest BCUT2D eigenvalue weighted by molar-refractivity contribution is 5.79. The number of nitrogens with zero attached hydrogens (tertiary/aromatic N) is 3. The number of carbonyl (C=O) groups excluding carboxylic acids is 1. The predicted molar refractivity (Wildman–Crippen MR) is 82.0 cm³/mol. The van der Waals surface area contributed by atoms with E-state index in [0.717, 1.165) is 38.6 Å². The summed E-state index contributed by atoms with van der Waals surface area (Å²) in [5.74, 6) is 1.10. The summed E-state index contributed by atoms with van der Waals surface area (Å²) in [6.45, 7) is 7.64. The summed E-state index contributed by atoms with van der Waals surface area (Å²) >= 11 is 0. The number of piperazine rings is 1. The molecular formula is C16H29N3O2. The van der Waals surface area contributed by atoms with Crippen LogP contribution in [0.2, 0.25) is 0 Å². The number of hydrogen-bond donors (Lipinski definition) is 1. The van der Waals surface area contributed by atoms with Crippen molar-refractivity contribution in [3.63, 3.8) is 0 Å². The van der Waals surface area contributed by atoms with E-state index >= 15 is 0 Å². The van der Waals surface area contributed by atoms with Gasteiger partial charge in [-0.3, -0.25) is 14.6 Å². The van der Waals surface area contributed by atoms with Crippen LogP contribution in [0.25, 0.3) is 0 Å². The van der Waals surface area contributed by atoms with Crippen molar-refractivity contribution in [2.75, 3.05) is 45.9 Å². The first-order chi connectivity index (χ1) is 10.2. The standard InChI is InChI=1S/C16H29N3O2/c1-13(14-2-3-14)19(15-4-5-15)16(21)12-18-8-6-17(7-9-18)10-11-20/h13-15,20H,2-12H2,1H3. The minimum Gasteiger partial charge on any atom is -0.395 e.